The first-order chi connectivity index (χ1) is 13.2. The summed E-state index contributed by atoms with van der Waals surface area (Å²) in [7, 11) is -3.08. The minimum absolute atomic E-state index is 0.0114. The van der Waals surface area contributed by atoms with Crippen LogP contribution in [0.3, 0.4) is 0 Å². The SMILES string of the molecule is CC(C)CN(C(=O)/C=C/c1ccc(-c2ccccc2F)o1)C1CCS(=O)(=O)C1. The van der Waals surface area contributed by atoms with Crippen LogP contribution in [-0.2, 0) is 14.6 Å². The molecule has 5 nitrogen and oxygen atoms in total. The third kappa shape index (κ3) is 4.90. The number of benzene rings is 1. The highest BCUT2D eigenvalue weighted by Crippen LogP contribution is 2.25. The second kappa shape index (κ2) is 8.31. The maximum Gasteiger partial charge on any atom is 0.246 e. The first kappa shape index (κ1) is 20.3. The van der Waals surface area contributed by atoms with Crippen molar-refractivity contribution < 1.29 is 22.0 Å². The van der Waals surface area contributed by atoms with E-state index in [-0.39, 0.29) is 35.2 Å². The molecule has 7 heteroatoms. The summed E-state index contributed by atoms with van der Waals surface area (Å²) in [5.41, 5.74) is 0.353. The lowest BCUT2D eigenvalue weighted by Crippen LogP contribution is -2.42. The highest BCUT2D eigenvalue weighted by Gasteiger charge is 2.34. The molecule has 2 aromatic rings. The quantitative estimate of drug-likeness (QED) is 0.686. The molecule has 0 bridgehead atoms. The van der Waals surface area contributed by atoms with Crippen LogP contribution in [0.1, 0.15) is 26.0 Å². The van der Waals surface area contributed by atoms with E-state index in [1.807, 2.05) is 13.8 Å². The van der Waals surface area contributed by atoms with Crippen molar-refractivity contribution in [2.24, 2.45) is 5.92 Å². The van der Waals surface area contributed by atoms with Crippen LogP contribution < -0.4 is 0 Å². The van der Waals surface area contributed by atoms with E-state index in [2.05, 4.69) is 0 Å². The summed E-state index contributed by atoms with van der Waals surface area (Å²) in [5.74, 6) is 0.525. The molecular weight excluding hydrogens is 381 g/mol. The van der Waals surface area contributed by atoms with E-state index < -0.39 is 9.84 Å². The Morgan fingerprint density at radius 3 is 2.68 bits per heavy atom. The molecule has 1 atom stereocenters. The van der Waals surface area contributed by atoms with Gasteiger partial charge in [-0.2, -0.15) is 0 Å². The Morgan fingerprint density at radius 1 is 1.29 bits per heavy atom. The van der Waals surface area contributed by atoms with E-state index in [9.17, 15) is 17.6 Å². The average Bonchev–Trinajstić information content (AvgIpc) is 3.24. The average molecular weight is 405 g/mol. The summed E-state index contributed by atoms with van der Waals surface area (Å²) in [6.07, 6.45) is 3.38. The Morgan fingerprint density at radius 2 is 2.04 bits per heavy atom. The van der Waals surface area contributed by atoms with Gasteiger partial charge in [0.1, 0.15) is 17.3 Å². The summed E-state index contributed by atoms with van der Waals surface area (Å²) in [5, 5.41) is 0. The van der Waals surface area contributed by atoms with Crippen LogP contribution in [-0.4, -0.2) is 43.3 Å². The highest BCUT2D eigenvalue weighted by atomic mass is 32.2. The molecule has 2 heterocycles. The number of sulfone groups is 1. The Kier molecular flexibility index (Phi) is 6.03. The molecule has 0 radical (unpaired) electrons. The van der Waals surface area contributed by atoms with Gasteiger partial charge in [0, 0.05) is 18.7 Å². The standard InChI is InChI=1S/C21H24FNO4S/c1-15(2)13-23(16-11-12-28(25,26)14-16)21(24)10-8-17-7-9-20(27-17)18-5-3-4-6-19(18)22/h3-10,15-16H,11-14H2,1-2H3/b10-8+. The number of furan rings is 1. The minimum Gasteiger partial charge on any atom is -0.457 e. The van der Waals surface area contributed by atoms with Crippen molar-refractivity contribution in [3.63, 3.8) is 0 Å². The van der Waals surface area contributed by atoms with E-state index >= 15 is 0 Å². The lowest BCUT2D eigenvalue weighted by Gasteiger charge is -2.28. The zero-order valence-electron chi connectivity index (χ0n) is 16.0. The fourth-order valence-corrected chi connectivity index (χ4v) is 5.06. The normalized spacial score (nSPS) is 18.8. The molecule has 1 unspecified atom stereocenters. The highest BCUT2D eigenvalue weighted by molar-refractivity contribution is 7.91. The number of hydrogen-bond donors (Lipinski definition) is 0. The summed E-state index contributed by atoms with van der Waals surface area (Å²) < 4.78 is 43.1. The zero-order chi connectivity index (χ0) is 20.3. The Bertz CT molecular complexity index is 978. The van der Waals surface area contributed by atoms with Crippen LogP contribution in [0, 0.1) is 11.7 Å². The number of amides is 1. The maximum atomic E-state index is 13.9. The van der Waals surface area contributed by atoms with Crippen LogP contribution in [0.5, 0.6) is 0 Å². The van der Waals surface area contributed by atoms with Crippen molar-refractivity contribution >= 4 is 21.8 Å². The largest absolute Gasteiger partial charge is 0.457 e. The second-order valence-corrected chi connectivity index (χ2v) is 9.69. The molecule has 0 N–H and O–H groups in total. The van der Waals surface area contributed by atoms with Gasteiger partial charge in [0.25, 0.3) is 0 Å². The van der Waals surface area contributed by atoms with Gasteiger partial charge >= 0.3 is 0 Å². The number of halogens is 1. The predicted octanol–water partition coefficient (Wildman–Crippen LogP) is 3.77. The molecule has 1 aliphatic heterocycles. The molecule has 1 aromatic carbocycles. The van der Waals surface area contributed by atoms with Gasteiger partial charge in [-0.25, -0.2) is 12.8 Å². The molecular formula is C21H24FNO4S. The number of hydrogen-bond acceptors (Lipinski definition) is 4. The molecule has 1 aromatic heterocycles. The smallest absolute Gasteiger partial charge is 0.246 e. The third-order valence-electron chi connectivity index (χ3n) is 4.65. The van der Waals surface area contributed by atoms with Crippen molar-refractivity contribution in [1.82, 2.24) is 4.90 Å². The summed E-state index contributed by atoms with van der Waals surface area (Å²) in [4.78, 5) is 14.4. The van der Waals surface area contributed by atoms with Crippen LogP contribution in [0.15, 0.2) is 46.9 Å². The Balaban J connectivity index is 1.75. The van der Waals surface area contributed by atoms with Gasteiger partial charge < -0.3 is 9.32 Å². The molecule has 1 amide bonds. The molecule has 1 aliphatic rings. The van der Waals surface area contributed by atoms with Crippen molar-refractivity contribution in [3.8, 4) is 11.3 Å². The minimum atomic E-state index is -3.08. The third-order valence-corrected chi connectivity index (χ3v) is 6.40. The van der Waals surface area contributed by atoms with Gasteiger partial charge in [-0.15, -0.1) is 0 Å². The number of rotatable bonds is 6. The van der Waals surface area contributed by atoms with E-state index in [0.717, 1.165) is 0 Å². The van der Waals surface area contributed by atoms with Gasteiger partial charge in [-0.1, -0.05) is 26.0 Å². The predicted molar refractivity (Wildman–Crippen MR) is 107 cm³/mol. The van der Waals surface area contributed by atoms with Crippen LogP contribution in [0.2, 0.25) is 0 Å². The van der Waals surface area contributed by atoms with Crippen molar-refractivity contribution in [2.75, 3.05) is 18.1 Å². The van der Waals surface area contributed by atoms with Crippen molar-refractivity contribution in [3.05, 3.63) is 54.1 Å². The molecule has 150 valence electrons. The maximum absolute atomic E-state index is 13.9. The molecule has 0 saturated carbocycles. The van der Waals surface area contributed by atoms with Crippen molar-refractivity contribution in [1.29, 1.82) is 0 Å². The molecule has 3 rings (SSSR count). The van der Waals surface area contributed by atoms with Crippen molar-refractivity contribution in [2.45, 2.75) is 26.3 Å². The molecule has 0 aliphatic carbocycles. The van der Waals surface area contributed by atoms with E-state index in [1.54, 1.807) is 35.2 Å². The molecule has 0 spiro atoms. The fraction of sp³-hybridized carbons (Fsp3) is 0.381. The van der Waals surface area contributed by atoms with Crippen LogP contribution in [0.4, 0.5) is 4.39 Å². The van der Waals surface area contributed by atoms with E-state index in [4.69, 9.17) is 4.42 Å². The number of carbonyl (C=O) groups is 1. The topological polar surface area (TPSA) is 67.6 Å². The summed E-state index contributed by atoms with van der Waals surface area (Å²) >= 11 is 0. The van der Waals surface area contributed by atoms with Crippen LogP contribution in [0.25, 0.3) is 17.4 Å². The van der Waals surface area contributed by atoms with Gasteiger partial charge in [-0.3, -0.25) is 4.79 Å². The Labute approximate surface area is 164 Å². The van der Waals surface area contributed by atoms with Gasteiger partial charge in [0.05, 0.1) is 17.1 Å². The second-order valence-electron chi connectivity index (χ2n) is 7.46. The van der Waals surface area contributed by atoms with E-state index in [1.165, 1.54) is 18.2 Å². The fourth-order valence-electron chi connectivity index (χ4n) is 3.33. The summed E-state index contributed by atoms with van der Waals surface area (Å²) in [6.45, 7) is 4.46. The van der Waals surface area contributed by atoms with Gasteiger partial charge in [0.2, 0.25) is 5.91 Å². The summed E-state index contributed by atoms with van der Waals surface area (Å²) in [6, 6.07) is 9.33. The number of nitrogens with zero attached hydrogens (tertiary/aromatic N) is 1. The zero-order valence-corrected chi connectivity index (χ0v) is 16.8. The van der Waals surface area contributed by atoms with Gasteiger partial charge in [-0.05, 0) is 42.7 Å². The van der Waals surface area contributed by atoms with Gasteiger partial charge in [0.15, 0.2) is 9.84 Å². The molecule has 28 heavy (non-hydrogen) atoms. The molecule has 1 fully saturated rings. The van der Waals surface area contributed by atoms with E-state index in [0.29, 0.717) is 30.0 Å². The lowest BCUT2D eigenvalue weighted by atomic mass is 10.1. The van der Waals surface area contributed by atoms with Crippen LogP contribution >= 0.6 is 0 Å². The Hall–Kier alpha value is -2.41. The lowest BCUT2D eigenvalue weighted by molar-refractivity contribution is -0.128. The first-order valence-corrected chi connectivity index (χ1v) is 11.1. The first-order valence-electron chi connectivity index (χ1n) is 9.29. The monoisotopic (exact) mass is 405 g/mol. The number of carbonyl (C=O) groups excluding carboxylic acids is 1. The molecule has 1 saturated heterocycles.